The Morgan fingerprint density at radius 2 is 1.18 bits per heavy atom. The highest BCUT2D eigenvalue weighted by molar-refractivity contribution is 7.98. The van der Waals surface area contributed by atoms with Gasteiger partial charge in [0, 0.05) is 13.0 Å². The van der Waals surface area contributed by atoms with Crippen LogP contribution >= 0.6 is 11.8 Å². The number of carboxylic acids is 1. The minimum absolute atomic E-state index is 0.0569. The molecule has 22 heteroatoms. The predicted octanol–water partition coefficient (Wildman–Crippen LogP) is -3.91. The zero-order chi connectivity index (χ0) is 42.4. The minimum atomic E-state index is -1.55. The van der Waals surface area contributed by atoms with Gasteiger partial charge in [-0.15, -0.1) is 0 Å². The lowest BCUT2D eigenvalue weighted by molar-refractivity contribution is -0.142. The van der Waals surface area contributed by atoms with Crippen LogP contribution in [0.1, 0.15) is 73.1 Å². The van der Waals surface area contributed by atoms with Gasteiger partial charge in [0.15, 0.2) is 5.96 Å². The van der Waals surface area contributed by atoms with Crippen molar-refractivity contribution in [2.45, 2.75) is 115 Å². The fourth-order valence-electron chi connectivity index (χ4n) is 5.02. The summed E-state index contributed by atoms with van der Waals surface area (Å²) in [5.74, 6) is -7.48. The summed E-state index contributed by atoms with van der Waals surface area (Å²) in [7, 11) is 0. The fraction of sp³-hybridized carbons (Fsp3) is 0.727. The number of aliphatic imine (C=N–C) groups is 1. The molecule has 55 heavy (non-hydrogen) atoms. The summed E-state index contributed by atoms with van der Waals surface area (Å²) in [4.78, 5) is 106. The quantitative estimate of drug-likeness (QED) is 0.0215. The first kappa shape index (κ1) is 50.3. The summed E-state index contributed by atoms with van der Waals surface area (Å²) in [6.07, 6.45) is 0.119. The smallest absolute Gasteiger partial charge is 0.326 e. The fourth-order valence-corrected chi connectivity index (χ4v) is 5.49. The first-order valence-corrected chi connectivity index (χ1v) is 19.3. The molecule has 0 unspecified atom stereocenters. The van der Waals surface area contributed by atoms with Crippen LogP contribution < -0.4 is 54.8 Å². The van der Waals surface area contributed by atoms with Crippen LogP contribution in [0, 0.1) is 11.8 Å². The highest BCUT2D eigenvalue weighted by Gasteiger charge is 2.35. The lowest BCUT2D eigenvalue weighted by Gasteiger charge is -2.30. The van der Waals surface area contributed by atoms with Crippen molar-refractivity contribution in [1.82, 2.24) is 31.9 Å². The van der Waals surface area contributed by atoms with E-state index < -0.39 is 95.6 Å². The van der Waals surface area contributed by atoms with Gasteiger partial charge in [-0.05, 0) is 62.9 Å². The van der Waals surface area contributed by atoms with Crippen molar-refractivity contribution in [2.75, 3.05) is 25.1 Å². The maximum Gasteiger partial charge on any atom is 0.326 e. The number of primary amides is 1. The molecular formula is C33H61N11O10S. The maximum absolute atomic E-state index is 13.7. The van der Waals surface area contributed by atoms with E-state index in [9.17, 15) is 48.6 Å². The molecule has 0 saturated carbocycles. The van der Waals surface area contributed by atoms with E-state index in [0.29, 0.717) is 5.75 Å². The van der Waals surface area contributed by atoms with Crippen LogP contribution in [0.2, 0.25) is 0 Å². The van der Waals surface area contributed by atoms with Crippen LogP contribution in [-0.4, -0.2) is 131 Å². The van der Waals surface area contributed by atoms with Crippen molar-refractivity contribution in [3.05, 3.63) is 0 Å². The van der Waals surface area contributed by atoms with Gasteiger partial charge in [0.2, 0.25) is 41.4 Å². The number of guanidine groups is 1. The van der Waals surface area contributed by atoms with E-state index in [2.05, 4.69) is 36.9 Å². The molecule has 7 amide bonds. The molecule has 0 rings (SSSR count). The van der Waals surface area contributed by atoms with Crippen LogP contribution in [0.4, 0.5) is 0 Å². The number of carbonyl (C=O) groups is 8. The Labute approximate surface area is 325 Å². The van der Waals surface area contributed by atoms with Gasteiger partial charge >= 0.3 is 5.97 Å². The molecule has 0 bridgehead atoms. The molecule has 0 fully saturated rings. The molecule has 0 aromatic rings. The molecule has 0 aliphatic carbocycles. The zero-order valence-electron chi connectivity index (χ0n) is 32.4. The van der Waals surface area contributed by atoms with E-state index in [0.717, 1.165) is 0 Å². The molecule has 21 nitrogen and oxygen atoms in total. The van der Waals surface area contributed by atoms with E-state index in [1.165, 1.54) is 18.7 Å². The molecule has 0 radical (unpaired) electrons. The van der Waals surface area contributed by atoms with E-state index in [1.807, 2.05) is 0 Å². The first-order valence-electron chi connectivity index (χ1n) is 17.9. The second-order valence-corrected chi connectivity index (χ2v) is 14.7. The van der Waals surface area contributed by atoms with Gasteiger partial charge in [-0.25, -0.2) is 4.79 Å². The van der Waals surface area contributed by atoms with E-state index in [-0.39, 0.29) is 63.5 Å². The van der Waals surface area contributed by atoms with Crippen LogP contribution in [0.5, 0.6) is 0 Å². The van der Waals surface area contributed by atoms with Crippen LogP contribution in [-0.2, 0) is 38.4 Å². The number of aliphatic carboxylic acids is 1. The summed E-state index contributed by atoms with van der Waals surface area (Å²) in [5, 5.41) is 35.0. The number of carbonyl (C=O) groups excluding carboxylic acids is 7. The third-order valence-electron chi connectivity index (χ3n) is 7.97. The number of carboxylic acid groups (broad SMARTS) is 1. The normalized spacial score (nSPS) is 14.9. The number of nitrogens with zero attached hydrogens (tertiary/aromatic N) is 1. The van der Waals surface area contributed by atoms with Gasteiger partial charge in [0.1, 0.15) is 36.3 Å². The molecule has 0 aromatic carbocycles. The molecule has 0 aromatic heterocycles. The van der Waals surface area contributed by atoms with Crippen LogP contribution in [0.15, 0.2) is 4.99 Å². The number of amides is 7. The van der Waals surface area contributed by atoms with E-state index in [4.69, 9.17) is 22.9 Å². The predicted molar refractivity (Wildman–Crippen MR) is 206 cm³/mol. The number of nitrogens with one attached hydrogen (secondary N) is 6. The third-order valence-corrected chi connectivity index (χ3v) is 8.61. The average Bonchev–Trinajstić information content (AvgIpc) is 3.09. The Kier molecular flexibility index (Phi) is 23.9. The monoisotopic (exact) mass is 803 g/mol. The van der Waals surface area contributed by atoms with Crippen molar-refractivity contribution in [1.29, 1.82) is 0 Å². The van der Waals surface area contributed by atoms with Gasteiger partial charge < -0.3 is 65.0 Å². The number of thioether (sulfide) groups is 1. The molecule has 314 valence electrons. The second-order valence-electron chi connectivity index (χ2n) is 13.7. The second kappa shape index (κ2) is 26.2. The Morgan fingerprint density at radius 3 is 1.67 bits per heavy atom. The largest absolute Gasteiger partial charge is 0.480 e. The summed E-state index contributed by atoms with van der Waals surface area (Å²) >= 11 is 1.42. The first-order chi connectivity index (χ1) is 25.6. The summed E-state index contributed by atoms with van der Waals surface area (Å²) in [5.41, 5.74) is 21.2. The molecule has 0 heterocycles. The number of hydrogen-bond acceptors (Lipinski definition) is 12. The third kappa shape index (κ3) is 20.5. The van der Waals surface area contributed by atoms with Gasteiger partial charge in [-0.1, -0.05) is 27.7 Å². The Morgan fingerprint density at radius 1 is 0.673 bits per heavy atom. The number of rotatable bonds is 27. The topological polar surface area (TPSA) is 366 Å². The number of nitrogens with two attached hydrogens (primary N) is 4. The Hall–Kier alpha value is -4.70. The summed E-state index contributed by atoms with van der Waals surface area (Å²) in [6.45, 7) is 7.73. The highest BCUT2D eigenvalue weighted by Crippen LogP contribution is 2.11. The number of hydrogen-bond donors (Lipinski definition) is 12. The van der Waals surface area contributed by atoms with Crippen molar-refractivity contribution >= 4 is 65.0 Å². The maximum atomic E-state index is 13.7. The van der Waals surface area contributed by atoms with Gasteiger partial charge in [0.05, 0.1) is 12.6 Å². The van der Waals surface area contributed by atoms with Crippen LogP contribution in [0.25, 0.3) is 0 Å². The molecule has 0 saturated heterocycles. The van der Waals surface area contributed by atoms with Crippen molar-refractivity contribution in [2.24, 2.45) is 39.8 Å². The molecule has 7 atom stereocenters. The summed E-state index contributed by atoms with van der Waals surface area (Å²) in [6, 6.07) is -8.00. The molecule has 0 aliphatic rings. The lowest BCUT2D eigenvalue weighted by atomic mass is 9.98. The number of aliphatic hydroxyl groups is 1. The van der Waals surface area contributed by atoms with E-state index in [1.54, 1.807) is 34.0 Å². The average molecular weight is 804 g/mol. The van der Waals surface area contributed by atoms with Gasteiger partial charge in [-0.2, -0.15) is 11.8 Å². The highest BCUT2D eigenvalue weighted by atomic mass is 32.2. The standard InChI is InChI=1S/C33H61N11O10S/c1-16(2)14-22(29(50)40-19(9-10-23(35)46)27(48)41-21(32(53)54)8-7-12-38-33(36)37)42-30(51)25(17(3)4)43-31(52)26(18(5)45)44-28(49)20(11-13-55-6)39-24(47)15-34/h16-22,25-26,45H,7-15,34H2,1-6H3,(H2,35,46)(H,39,47)(H,40,50)(H,41,48)(H,42,51)(H,43,52)(H,44,49)(H,53,54)(H4,36,37,38)/t18-,19+,20+,21+,22+,25+,26+/m1/s1. The molecule has 16 N–H and O–H groups in total. The lowest BCUT2D eigenvalue weighted by Crippen LogP contribution is -2.62. The Bertz CT molecular complexity index is 1340. The molecule has 0 spiro atoms. The van der Waals surface area contributed by atoms with Crippen molar-refractivity contribution < 1.29 is 48.6 Å². The summed E-state index contributed by atoms with van der Waals surface area (Å²) < 4.78 is 0. The zero-order valence-corrected chi connectivity index (χ0v) is 33.2. The van der Waals surface area contributed by atoms with Gasteiger partial charge in [-0.3, -0.25) is 38.6 Å². The SMILES string of the molecule is CSCC[C@H](NC(=O)CN)C(=O)N[C@H](C(=O)N[C@H](C(=O)N[C@@H](CC(C)C)C(=O)N[C@@H](CCC(N)=O)C(=O)N[C@@H](CCCN=C(N)N)C(=O)O)C(C)C)[C@@H](C)O. The number of aliphatic hydroxyl groups excluding tert-OH is 1. The minimum Gasteiger partial charge on any atom is -0.480 e. The molecular weight excluding hydrogens is 742 g/mol. The van der Waals surface area contributed by atoms with Crippen molar-refractivity contribution in [3.8, 4) is 0 Å². The van der Waals surface area contributed by atoms with Crippen molar-refractivity contribution in [3.63, 3.8) is 0 Å². The van der Waals surface area contributed by atoms with Gasteiger partial charge in [0.25, 0.3) is 0 Å². The van der Waals surface area contributed by atoms with E-state index >= 15 is 0 Å². The Balaban J connectivity index is 6.15. The van der Waals surface area contributed by atoms with Crippen LogP contribution in [0.3, 0.4) is 0 Å². The molecule has 0 aliphatic heterocycles.